The number of nitrogens with zero attached hydrogens (tertiary/aromatic N) is 2. The fourth-order valence-electron chi connectivity index (χ4n) is 1.48. The number of aliphatic carboxylic acids is 6. The van der Waals surface area contributed by atoms with Gasteiger partial charge in [-0.05, 0) is 0 Å². The number of carboxylic acids is 6. The van der Waals surface area contributed by atoms with Crippen molar-refractivity contribution in [2.75, 3.05) is 39.3 Å². The monoisotopic (exact) mass is 591 g/mol. The number of hydrogen-bond acceptors (Lipinski definition) is 8. The summed E-state index contributed by atoms with van der Waals surface area (Å²) in [7, 11) is 0. The van der Waals surface area contributed by atoms with E-state index in [0.717, 1.165) is 9.80 Å². The van der Waals surface area contributed by atoms with E-state index < -0.39 is 75.1 Å². The third-order valence-corrected chi connectivity index (χ3v) is 2.15. The molecule has 0 aromatic carbocycles. The molecule has 0 unspecified atom stereocenters. The topological polar surface area (TPSA) is 230 Å². The van der Waals surface area contributed by atoms with Crippen LogP contribution in [0.4, 0.5) is 0 Å². The van der Waals surface area contributed by atoms with E-state index in [1.54, 1.807) is 0 Å². The van der Waals surface area contributed by atoms with Gasteiger partial charge in [0.05, 0.1) is 39.3 Å². The quantitative estimate of drug-likeness (QED) is 0.122. The Hall–Kier alpha value is -2.38. The molecule has 6 N–H and O–H groups in total. The van der Waals surface area contributed by atoms with Crippen LogP contribution in [0.3, 0.4) is 0 Å². The van der Waals surface area contributed by atoms with E-state index in [9.17, 15) is 28.8 Å². The molecule has 15 heteroatoms. The first kappa shape index (κ1) is 29.4. The molecule has 153 valence electrons. The predicted octanol–water partition coefficient (Wildman–Crippen LogP) is -3.30. The van der Waals surface area contributed by atoms with Gasteiger partial charge in [-0.2, -0.15) is 0 Å². The summed E-state index contributed by atoms with van der Waals surface area (Å²) >= 11 is 0. The second kappa shape index (κ2) is 15.8. The first-order chi connectivity index (χ1) is 11.8. The zero-order valence-corrected chi connectivity index (χ0v) is 17.2. The summed E-state index contributed by atoms with van der Waals surface area (Å²) in [4.78, 5) is 62.5. The minimum absolute atomic E-state index is 0. The Morgan fingerprint density at radius 2 is 0.519 bits per heavy atom. The van der Waals surface area contributed by atoms with E-state index in [-0.39, 0.29) is 26.2 Å². The third kappa shape index (κ3) is 23.6. The van der Waals surface area contributed by atoms with Gasteiger partial charge in [0.15, 0.2) is 0 Å². The predicted molar refractivity (Wildman–Crippen MR) is 84.4 cm³/mol. The van der Waals surface area contributed by atoms with E-state index in [4.69, 9.17) is 30.6 Å². The summed E-state index contributed by atoms with van der Waals surface area (Å²) in [5.74, 6) is -7.57. The maximum absolute atomic E-state index is 10.1. The normalized spacial score (nSPS) is 9.56. The van der Waals surface area contributed by atoms with Gasteiger partial charge in [-0.15, -0.1) is 0 Å². The molecule has 0 saturated carbocycles. The molecule has 3 radical (unpaired) electrons. The molecule has 0 bridgehead atoms. The van der Waals surface area contributed by atoms with Crippen LogP contribution >= 0.6 is 0 Å². The Morgan fingerprint density at radius 3 is 0.593 bits per heavy atom. The van der Waals surface area contributed by atoms with Crippen molar-refractivity contribution in [3.63, 3.8) is 0 Å². The second-order valence-electron chi connectivity index (χ2n) is 4.65. The van der Waals surface area contributed by atoms with Crippen LogP contribution in [0.25, 0.3) is 0 Å². The molecule has 27 heavy (non-hydrogen) atoms. The van der Waals surface area contributed by atoms with E-state index in [0.29, 0.717) is 0 Å². The standard InChI is InChI=1S/2C6H9NO6.Bi/c2*8-4(9)1-7(2-5(10)11)3-6(12)13;/h2*1-3H2,(H,8,9)(H,10,11)(H,12,13);. The molecule has 0 aliphatic heterocycles. The van der Waals surface area contributed by atoms with Crippen molar-refractivity contribution in [1.29, 1.82) is 0 Å². The summed E-state index contributed by atoms with van der Waals surface area (Å²) in [6.07, 6.45) is 0. The van der Waals surface area contributed by atoms with E-state index >= 15 is 0 Å². The van der Waals surface area contributed by atoms with Crippen molar-refractivity contribution in [2.45, 2.75) is 0 Å². The molecule has 0 heterocycles. The van der Waals surface area contributed by atoms with Gasteiger partial charge in [-0.1, -0.05) is 0 Å². The number of carboxylic acid groups (broad SMARTS) is 6. The maximum atomic E-state index is 10.1. The van der Waals surface area contributed by atoms with Crippen molar-refractivity contribution in [3.05, 3.63) is 0 Å². The molecule has 0 amide bonds. The summed E-state index contributed by atoms with van der Waals surface area (Å²) in [6, 6.07) is 0. The number of hydrogen-bond donors (Lipinski definition) is 6. The molecule has 0 atom stereocenters. The summed E-state index contributed by atoms with van der Waals surface area (Å²) < 4.78 is 0. The molecule has 0 fully saturated rings. The van der Waals surface area contributed by atoms with Crippen LogP contribution in [0.15, 0.2) is 0 Å². The molecule has 0 aromatic heterocycles. The first-order valence-electron chi connectivity index (χ1n) is 6.59. The van der Waals surface area contributed by atoms with Gasteiger partial charge in [0, 0.05) is 26.2 Å². The van der Waals surface area contributed by atoms with E-state index in [2.05, 4.69) is 0 Å². The van der Waals surface area contributed by atoms with Crippen LogP contribution in [-0.2, 0) is 28.8 Å². The number of carbonyl (C=O) groups is 6. The van der Waals surface area contributed by atoms with Crippen molar-refractivity contribution < 1.29 is 59.4 Å². The minimum atomic E-state index is -1.26. The number of rotatable bonds is 12. The molecule has 14 nitrogen and oxygen atoms in total. The van der Waals surface area contributed by atoms with Crippen molar-refractivity contribution in [2.24, 2.45) is 0 Å². The summed E-state index contributed by atoms with van der Waals surface area (Å²) in [5, 5.41) is 49.7. The van der Waals surface area contributed by atoms with Crippen LogP contribution in [-0.4, -0.2) is 142 Å². The van der Waals surface area contributed by atoms with Crippen LogP contribution in [0, 0.1) is 0 Å². The van der Waals surface area contributed by atoms with Crippen LogP contribution in [0.2, 0.25) is 0 Å². The van der Waals surface area contributed by atoms with Gasteiger partial charge in [0.2, 0.25) is 0 Å². The molecule has 0 aliphatic carbocycles. The van der Waals surface area contributed by atoms with Gasteiger partial charge in [-0.25, -0.2) is 0 Å². The van der Waals surface area contributed by atoms with Gasteiger partial charge in [0.1, 0.15) is 0 Å². The fourth-order valence-corrected chi connectivity index (χ4v) is 1.48. The zero-order chi connectivity index (χ0) is 20.9. The smallest absolute Gasteiger partial charge is 0.317 e. The summed E-state index contributed by atoms with van der Waals surface area (Å²) in [5.41, 5.74) is 0. The van der Waals surface area contributed by atoms with E-state index in [1.807, 2.05) is 0 Å². The first-order valence-corrected chi connectivity index (χ1v) is 6.59. The Morgan fingerprint density at radius 1 is 0.407 bits per heavy atom. The SMILES string of the molecule is O=C(O)CN(CC(=O)O)CC(=O)O.O=C(O)CN(CC(=O)O)CC(=O)O.[Bi]. The Bertz CT molecular complexity index is 428. The van der Waals surface area contributed by atoms with Gasteiger partial charge < -0.3 is 30.6 Å². The zero-order valence-electron chi connectivity index (χ0n) is 13.7. The molecular weight excluding hydrogens is 573 g/mol. The van der Waals surface area contributed by atoms with Gasteiger partial charge in [0.25, 0.3) is 0 Å². The third-order valence-electron chi connectivity index (χ3n) is 2.15. The van der Waals surface area contributed by atoms with Crippen molar-refractivity contribution in [1.82, 2.24) is 9.80 Å². The molecule has 0 saturated heterocycles. The van der Waals surface area contributed by atoms with Crippen LogP contribution in [0.1, 0.15) is 0 Å². The minimum Gasteiger partial charge on any atom is -0.480 e. The summed E-state index contributed by atoms with van der Waals surface area (Å²) in [6.45, 7) is -3.59. The Balaban J connectivity index is -0.000000411. The molecule has 0 aliphatic rings. The van der Waals surface area contributed by atoms with Crippen LogP contribution in [0.5, 0.6) is 0 Å². The molecule has 0 rings (SSSR count). The van der Waals surface area contributed by atoms with Crippen molar-refractivity contribution in [3.8, 4) is 0 Å². The van der Waals surface area contributed by atoms with Crippen molar-refractivity contribution >= 4 is 62.0 Å². The molecular formula is C12H18BiN2O12. The van der Waals surface area contributed by atoms with E-state index in [1.165, 1.54) is 0 Å². The Labute approximate surface area is 170 Å². The molecule has 0 spiro atoms. The molecule has 0 aromatic rings. The average Bonchev–Trinajstić information content (AvgIpc) is 2.33. The maximum Gasteiger partial charge on any atom is 0.317 e. The average molecular weight is 591 g/mol. The van der Waals surface area contributed by atoms with Gasteiger partial charge >= 0.3 is 35.8 Å². The van der Waals surface area contributed by atoms with Crippen LogP contribution < -0.4 is 0 Å². The fraction of sp³-hybridized carbons (Fsp3) is 0.500. The van der Waals surface area contributed by atoms with Gasteiger partial charge in [-0.3, -0.25) is 38.6 Å². The largest absolute Gasteiger partial charge is 0.480 e. The Kier molecular flexibility index (Phi) is 17.2. The second-order valence-corrected chi connectivity index (χ2v) is 4.65.